The van der Waals surface area contributed by atoms with Gasteiger partial charge < -0.3 is 15.9 Å². The number of hydrogen-bond donors (Lipinski definition) is 3. The molecular weight excluding hydrogens is 180 g/mol. The summed E-state index contributed by atoms with van der Waals surface area (Å²) in [6.07, 6.45) is 0. The zero-order valence-corrected chi connectivity index (χ0v) is 6.67. The topological polar surface area (TPSA) is 66.5 Å². The van der Waals surface area contributed by atoms with Crippen LogP contribution in [0, 0.1) is 11.6 Å². The van der Waals surface area contributed by atoms with Crippen molar-refractivity contribution in [3.8, 4) is 5.75 Å². The van der Waals surface area contributed by atoms with Crippen molar-refractivity contribution in [3.63, 3.8) is 0 Å². The van der Waals surface area contributed by atoms with Crippen molar-refractivity contribution in [1.29, 1.82) is 0 Å². The van der Waals surface area contributed by atoms with Gasteiger partial charge in [0.05, 0.1) is 12.6 Å². The highest BCUT2D eigenvalue weighted by atomic mass is 19.1. The third-order valence-corrected chi connectivity index (χ3v) is 1.66. The van der Waals surface area contributed by atoms with Crippen LogP contribution in [0.1, 0.15) is 11.6 Å². The highest BCUT2D eigenvalue weighted by molar-refractivity contribution is 5.31. The van der Waals surface area contributed by atoms with Crippen LogP contribution in [-0.2, 0) is 0 Å². The molecule has 3 nitrogen and oxygen atoms in total. The second-order valence-electron chi connectivity index (χ2n) is 2.61. The summed E-state index contributed by atoms with van der Waals surface area (Å²) in [5.41, 5.74) is 5.12. The summed E-state index contributed by atoms with van der Waals surface area (Å²) in [6, 6.07) is 0.418. The Morgan fingerprint density at radius 2 is 1.92 bits per heavy atom. The average molecular weight is 189 g/mol. The molecule has 0 amide bonds. The molecule has 0 radical (unpaired) electrons. The fourth-order valence-electron chi connectivity index (χ4n) is 0.934. The quantitative estimate of drug-likeness (QED) is 0.640. The van der Waals surface area contributed by atoms with Crippen LogP contribution in [0.15, 0.2) is 12.1 Å². The average Bonchev–Trinajstić information content (AvgIpc) is 2.10. The van der Waals surface area contributed by atoms with Gasteiger partial charge in [-0.15, -0.1) is 0 Å². The number of benzene rings is 1. The zero-order chi connectivity index (χ0) is 10.0. The summed E-state index contributed by atoms with van der Waals surface area (Å²) in [4.78, 5) is 0. The van der Waals surface area contributed by atoms with Crippen LogP contribution in [0.4, 0.5) is 8.78 Å². The van der Waals surface area contributed by atoms with Gasteiger partial charge in [0.1, 0.15) is 5.82 Å². The van der Waals surface area contributed by atoms with Crippen molar-refractivity contribution in [2.45, 2.75) is 6.04 Å². The number of hydrogen-bond acceptors (Lipinski definition) is 3. The van der Waals surface area contributed by atoms with E-state index in [9.17, 15) is 8.78 Å². The number of nitrogens with two attached hydrogens (primary N) is 1. The number of halogens is 2. The third-order valence-electron chi connectivity index (χ3n) is 1.66. The molecule has 1 atom stereocenters. The van der Waals surface area contributed by atoms with E-state index >= 15 is 0 Å². The molecule has 1 unspecified atom stereocenters. The standard InChI is InChI=1S/C8H9F2NO2/c9-5-2-8(13)6(10)1-4(5)7(11)3-12/h1-2,7,12-13H,3,11H2. The molecular formula is C8H9F2NO2. The molecule has 0 bridgehead atoms. The predicted octanol–water partition coefficient (Wildman–Crippen LogP) is 0.662. The monoisotopic (exact) mass is 189 g/mol. The van der Waals surface area contributed by atoms with Gasteiger partial charge >= 0.3 is 0 Å². The molecule has 13 heavy (non-hydrogen) atoms. The van der Waals surface area contributed by atoms with E-state index in [1.54, 1.807) is 0 Å². The van der Waals surface area contributed by atoms with Gasteiger partial charge in [-0.05, 0) is 6.07 Å². The van der Waals surface area contributed by atoms with Crippen molar-refractivity contribution in [1.82, 2.24) is 0 Å². The largest absolute Gasteiger partial charge is 0.505 e. The first-order chi connectivity index (χ1) is 6.06. The van der Waals surface area contributed by atoms with Gasteiger partial charge in [0, 0.05) is 11.6 Å². The maximum absolute atomic E-state index is 13.0. The van der Waals surface area contributed by atoms with E-state index in [0.29, 0.717) is 6.07 Å². The Morgan fingerprint density at radius 3 is 2.46 bits per heavy atom. The molecule has 0 aromatic heterocycles. The van der Waals surface area contributed by atoms with E-state index in [4.69, 9.17) is 15.9 Å². The maximum atomic E-state index is 13.0. The fraction of sp³-hybridized carbons (Fsp3) is 0.250. The molecule has 4 N–H and O–H groups in total. The molecule has 0 aliphatic heterocycles. The molecule has 0 saturated carbocycles. The third kappa shape index (κ3) is 1.93. The summed E-state index contributed by atoms with van der Waals surface area (Å²) < 4.78 is 25.7. The number of aromatic hydroxyl groups is 1. The molecule has 1 aromatic rings. The van der Waals surface area contributed by atoms with Crippen molar-refractivity contribution in [2.75, 3.05) is 6.61 Å². The fourth-order valence-corrected chi connectivity index (χ4v) is 0.934. The first-order valence-corrected chi connectivity index (χ1v) is 3.60. The molecule has 0 aliphatic rings. The normalized spacial score (nSPS) is 12.9. The lowest BCUT2D eigenvalue weighted by Gasteiger charge is -2.09. The number of phenols is 1. The number of rotatable bonds is 2. The minimum atomic E-state index is -0.977. The summed E-state index contributed by atoms with van der Waals surface area (Å²) in [7, 11) is 0. The summed E-state index contributed by atoms with van der Waals surface area (Å²) >= 11 is 0. The molecule has 0 saturated heterocycles. The summed E-state index contributed by atoms with van der Waals surface area (Å²) in [6.45, 7) is -0.485. The van der Waals surface area contributed by atoms with E-state index in [0.717, 1.165) is 6.07 Å². The van der Waals surface area contributed by atoms with Gasteiger partial charge in [-0.1, -0.05) is 0 Å². The number of phenolic OH excluding ortho intramolecular Hbond substituents is 1. The molecule has 0 spiro atoms. The zero-order valence-electron chi connectivity index (χ0n) is 6.67. The van der Waals surface area contributed by atoms with E-state index in [-0.39, 0.29) is 5.56 Å². The molecule has 0 fully saturated rings. The Morgan fingerprint density at radius 1 is 1.31 bits per heavy atom. The lowest BCUT2D eigenvalue weighted by atomic mass is 10.1. The van der Waals surface area contributed by atoms with Gasteiger partial charge in [0.25, 0.3) is 0 Å². The predicted molar refractivity (Wildman–Crippen MR) is 42.0 cm³/mol. The van der Waals surface area contributed by atoms with Gasteiger partial charge in [-0.2, -0.15) is 0 Å². The van der Waals surface area contributed by atoms with Gasteiger partial charge in [0.2, 0.25) is 0 Å². The van der Waals surface area contributed by atoms with E-state index in [1.807, 2.05) is 0 Å². The van der Waals surface area contributed by atoms with Crippen LogP contribution in [-0.4, -0.2) is 16.8 Å². The van der Waals surface area contributed by atoms with Crippen LogP contribution in [0.2, 0.25) is 0 Å². The molecule has 1 aromatic carbocycles. The second-order valence-corrected chi connectivity index (χ2v) is 2.61. The molecule has 5 heteroatoms. The number of aliphatic hydroxyl groups excluding tert-OH is 1. The van der Waals surface area contributed by atoms with Gasteiger partial charge in [-0.3, -0.25) is 0 Å². The van der Waals surface area contributed by atoms with E-state index in [1.165, 1.54) is 0 Å². The highest BCUT2D eigenvalue weighted by Crippen LogP contribution is 2.23. The van der Waals surface area contributed by atoms with E-state index in [2.05, 4.69) is 0 Å². The van der Waals surface area contributed by atoms with Gasteiger partial charge in [-0.25, -0.2) is 8.78 Å². The van der Waals surface area contributed by atoms with Crippen molar-refractivity contribution in [3.05, 3.63) is 29.3 Å². The van der Waals surface area contributed by atoms with Crippen molar-refractivity contribution in [2.24, 2.45) is 5.73 Å². The van der Waals surface area contributed by atoms with Crippen molar-refractivity contribution < 1.29 is 19.0 Å². The SMILES string of the molecule is NC(CO)c1cc(F)c(O)cc1F. The first kappa shape index (κ1) is 9.88. The Labute approximate surface area is 73.4 Å². The Hall–Kier alpha value is -1.20. The van der Waals surface area contributed by atoms with Crippen LogP contribution in [0.25, 0.3) is 0 Å². The highest BCUT2D eigenvalue weighted by Gasteiger charge is 2.14. The Kier molecular flexibility index (Phi) is 2.79. The van der Waals surface area contributed by atoms with Gasteiger partial charge in [0.15, 0.2) is 11.6 Å². The Bertz CT molecular complexity index is 317. The second kappa shape index (κ2) is 3.68. The van der Waals surface area contributed by atoms with Crippen LogP contribution < -0.4 is 5.73 Å². The minimum Gasteiger partial charge on any atom is -0.505 e. The number of aliphatic hydroxyl groups is 1. The minimum absolute atomic E-state index is 0.155. The van der Waals surface area contributed by atoms with E-state index < -0.39 is 30.0 Å². The maximum Gasteiger partial charge on any atom is 0.165 e. The van der Waals surface area contributed by atoms with Crippen LogP contribution >= 0.6 is 0 Å². The molecule has 0 aliphatic carbocycles. The smallest absolute Gasteiger partial charge is 0.165 e. The molecule has 72 valence electrons. The molecule has 1 rings (SSSR count). The summed E-state index contributed by atoms with van der Waals surface area (Å²) in [5.74, 6) is -2.56. The Balaban J connectivity index is 3.15. The lowest BCUT2D eigenvalue weighted by Crippen LogP contribution is -2.16. The summed E-state index contributed by atoms with van der Waals surface area (Å²) in [5, 5.41) is 17.4. The van der Waals surface area contributed by atoms with Crippen LogP contribution in [0.5, 0.6) is 5.75 Å². The lowest BCUT2D eigenvalue weighted by molar-refractivity contribution is 0.264. The van der Waals surface area contributed by atoms with Crippen LogP contribution in [0.3, 0.4) is 0 Å². The molecule has 0 heterocycles. The van der Waals surface area contributed by atoms with Crippen molar-refractivity contribution >= 4 is 0 Å². The first-order valence-electron chi connectivity index (χ1n) is 3.60.